The van der Waals surface area contributed by atoms with E-state index in [1.165, 1.54) is 4.31 Å². The van der Waals surface area contributed by atoms with Crippen molar-refractivity contribution in [2.24, 2.45) is 0 Å². The molecule has 150 valence electrons. The second-order valence-electron chi connectivity index (χ2n) is 6.43. The number of hydrogen-bond acceptors (Lipinski definition) is 4. The molecule has 8 heteroatoms. The summed E-state index contributed by atoms with van der Waals surface area (Å²) < 4.78 is 41.4. The molecule has 0 spiro atoms. The van der Waals surface area contributed by atoms with Gasteiger partial charge in [-0.25, -0.2) is 8.42 Å². The summed E-state index contributed by atoms with van der Waals surface area (Å²) in [6.45, 7) is 0.271. The first kappa shape index (κ1) is 20.6. The number of benzene rings is 3. The molecular formula is C21H19FN2O4S. The van der Waals surface area contributed by atoms with Crippen LogP contribution in [-0.4, -0.2) is 24.2 Å². The number of hydrogen-bond donors (Lipinski definition) is 0. The Morgan fingerprint density at radius 2 is 1.48 bits per heavy atom. The number of halogens is 1. The first-order chi connectivity index (χ1) is 13.9. The number of nitrogens with zero attached hydrogens (tertiary/aromatic N) is 2. The lowest BCUT2D eigenvalue weighted by molar-refractivity contribution is -0.387. The maximum atomic E-state index is 13.7. The van der Waals surface area contributed by atoms with Crippen molar-refractivity contribution >= 4 is 15.7 Å². The van der Waals surface area contributed by atoms with E-state index in [0.29, 0.717) is 6.42 Å². The number of rotatable bonds is 8. The fraction of sp³-hybridized carbons (Fsp3) is 0.143. The Kier molecular flexibility index (Phi) is 6.36. The van der Waals surface area contributed by atoms with Gasteiger partial charge in [-0.1, -0.05) is 60.7 Å². The van der Waals surface area contributed by atoms with Crippen LogP contribution in [0.2, 0.25) is 0 Å². The lowest BCUT2D eigenvalue weighted by atomic mass is 10.1. The third-order valence-corrected chi connectivity index (χ3v) is 6.29. The molecule has 0 fully saturated rings. The van der Waals surface area contributed by atoms with Crippen molar-refractivity contribution in [3.05, 3.63) is 106 Å². The highest BCUT2D eigenvalue weighted by atomic mass is 32.2. The Hall–Kier alpha value is -3.10. The summed E-state index contributed by atoms with van der Waals surface area (Å²) in [6, 6.07) is 21.1. The van der Waals surface area contributed by atoms with Gasteiger partial charge in [0.25, 0.3) is 0 Å². The highest BCUT2D eigenvalue weighted by Gasteiger charge is 2.27. The third kappa shape index (κ3) is 5.04. The van der Waals surface area contributed by atoms with Crippen molar-refractivity contribution in [1.82, 2.24) is 4.31 Å². The molecule has 0 amide bonds. The largest absolute Gasteiger partial charge is 0.306 e. The molecule has 0 atom stereocenters. The minimum absolute atomic E-state index is 0.0984. The highest BCUT2D eigenvalue weighted by molar-refractivity contribution is 7.89. The van der Waals surface area contributed by atoms with Gasteiger partial charge in [-0.3, -0.25) is 10.1 Å². The Balaban J connectivity index is 1.94. The number of sulfonamides is 1. The summed E-state index contributed by atoms with van der Waals surface area (Å²) in [4.78, 5) is 9.79. The van der Waals surface area contributed by atoms with Crippen LogP contribution >= 0.6 is 0 Å². The van der Waals surface area contributed by atoms with E-state index in [1.807, 2.05) is 36.4 Å². The van der Waals surface area contributed by atoms with Crippen LogP contribution in [-0.2, 0) is 23.0 Å². The minimum atomic E-state index is -4.08. The molecule has 0 saturated heterocycles. The molecule has 6 nitrogen and oxygen atoms in total. The fourth-order valence-electron chi connectivity index (χ4n) is 2.91. The summed E-state index contributed by atoms with van der Waals surface area (Å²) in [7, 11) is -4.08. The molecule has 0 radical (unpaired) electrons. The average molecular weight is 414 g/mol. The second kappa shape index (κ2) is 8.93. The van der Waals surface area contributed by atoms with Crippen LogP contribution in [0, 0.1) is 15.9 Å². The molecule has 0 N–H and O–H groups in total. The molecule has 0 bridgehead atoms. The summed E-state index contributed by atoms with van der Waals surface area (Å²) >= 11 is 0. The number of nitro benzene ring substituents is 1. The van der Waals surface area contributed by atoms with Gasteiger partial charge in [-0.2, -0.15) is 8.70 Å². The van der Waals surface area contributed by atoms with Crippen LogP contribution < -0.4 is 0 Å². The van der Waals surface area contributed by atoms with E-state index >= 15 is 0 Å². The van der Waals surface area contributed by atoms with Crippen molar-refractivity contribution in [2.45, 2.75) is 17.9 Å². The van der Waals surface area contributed by atoms with Gasteiger partial charge in [0.2, 0.25) is 15.8 Å². The van der Waals surface area contributed by atoms with Crippen molar-refractivity contribution in [1.29, 1.82) is 0 Å². The van der Waals surface area contributed by atoms with Crippen molar-refractivity contribution in [3.8, 4) is 0 Å². The Morgan fingerprint density at radius 1 is 0.897 bits per heavy atom. The van der Waals surface area contributed by atoms with Gasteiger partial charge in [-0.15, -0.1) is 0 Å². The molecule has 0 aliphatic rings. The summed E-state index contributed by atoms with van der Waals surface area (Å²) in [6.07, 6.45) is 0.468. The van der Waals surface area contributed by atoms with Crippen molar-refractivity contribution in [2.75, 3.05) is 6.54 Å². The lowest BCUT2D eigenvalue weighted by Gasteiger charge is -2.22. The summed E-state index contributed by atoms with van der Waals surface area (Å²) in [5, 5.41) is 11.0. The van der Waals surface area contributed by atoms with E-state index in [2.05, 4.69) is 0 Å². The van der Waals surface area contributed by atoms with Gasteiger partial charge < -0.3 is 0 Å². The van der Waals surface area contributed by atoms with Crippen LogP contribution in [0.3, 0.4) is 0 Å². The molecule has 0 aliphatic heterocycles. The van der Waals surface area contributed by atoms with Crippen LogP contribution in [0.4, 0.5) is 10.1 Å². The van der Waals surface area contributed by atoms with Crippen molar-refractivity contribution in [3.63, 3.8) is 0 Å². The zero-order chi connectivity index (χ0) is 20.9. The molecule has 3 aromatic carbocycles. The quantitative estimate of drug-likeness (QED) is 0.409. The number of nitro groups is 1. The van der Waals surface area contributed by atoms with Crippen LogP contribution in [0.15, 0.2) is 83.8 Å². The van der Waals surface area contributed by atoms with Gasteiger partial charge in [0.05, 0.1) is 9.82 Å². The Bertz CT molecular complexity index is 1090. The molecule has 0 saturated carbocycles. The van der Waals surface area contributed by atoms with Gasteiger partial charge in [0, 0.05) is 19.2 Å². The highest BCUT2D eigenvalue weighted by Crippen LogP contribution is 2.25. The second-order valence-corrected chi connectivity index (χ2v) is 8.37. The Labute approximate surface area is 168 Å². The van der Waals surface area contributed by atoms with Gasteiger partial charge in [0.1, 0.15) is 0 Å². The van der Waals surface area contributed by atoms with Gasteiger partial charge in [0.15, 0.2) is 0 Å². The molecule has 0 heterocycles. The zero-order valence-electron chi connectivity index (χ0n) is 15.4. The smallest absolute Gasteiger partial charge is 0.258 e. The summed E-state index contributed by atoms with van der Waals surface area (Å²) in [5.41, 5.74) is 0.875. The predicted molar refractivity (Wildman–Crippen MR) is 107 cm³/mol. The third-order valence-electron chi connectivity index (χ3n) is 4.45. The van der Waals surface area contributed by atoms with Gasteiger partial charge >= 0.3 is 5.69 Å². The topological polar surface area (TPSA) is 80.5 Å². The monoisotopic (exact) mass is 414 g/mol. The van der Waals surface area contributed by atoms with E-state index < -0.39 is 26.5 Å². The molecule has 3 rings (SSSR count). The lowest BCUT2D eigenvalue weighted by Crippen LogP contribution is -2.32. The average Bonchev–Trinajstić information content (AvgIpc) is 2.72. The predicted octanol–water partition coefficient (Wildman–Crippen LogP) is 4.17. The van der Waals surface area contributed by atoms with E-state index in [1.54, 1.807) is 24.3 Å². The Morgan fingerprint density at radius 3 is 2.07 bits per heavy atom. The molecular weight excluding hydrogens is 395 g/mol. The standard InChI is InChI=1S/C21H19FN2O4S/c22-20-12-11-19(15-21(20)24(25)26)29(27,28)23(16-18-9-5-2-6-10-18)14-13-17-7-3-1-4-8-17/h1-12,15H,13-14,16H2. The van der Waals surface area contributed by atoms with Crippen LogP contribution in [0.5, 0.6) is 0 Å². The van der Waals surface area contributed by atoms with E-state index in [4.69, 9.17) is 0 Å². The molecule has 0 aromatic heterocycles. The first-order valence-electron chi connectivity index (χ1n) is 8.90. The van der Waals surface area contributed by atoms with Gasteiger partial charge in [-0.05, 0) is 29.7 Å². The van der Waals surface area contributed by atoms with E-state index in [-0.39, 0.29) is 18.0 Å². The van der Waals surface area contributed by atoms with Crippen LogP contribution in [0.1, 0.15) is 11.1 Å². The summed E-state index contributed by atoms with van der Waals surface area (Å²) in [5.74, 6) is -1.08. The van der Waals surface area contributed by atoms with Crippen LogP contribution in [0.25, 0.3) is 0 Å². The SMILES string of the molecule is O=[N+]([O-])c1cc(S(=O)(=O)N(CCc2ccccc2)Cc2ccccc2)ccc1F. The maximum Gasteiger partial charge on any atom is 0.306 e. The normalized spacial score (nSPS) is 11.5. The molecule has 0 aliphatic carbocycles. The fourth-order valence-corrected chi connectivity index (χ4v) is 4.36. The van der Waals surface area contributed by atoms with E-state index in [0.717, 1.165) is 29.3 Å². The zero-order valence-corrected chi connectivity index (χ0v) is 16.3. The molecule has 0 unspecified atom stereocenters. The molecule has 3 aromatic rings. The van der Waals surface area contributed by atoms with E-state index in [9.17, 15) is 22.9 Å². The van der Waals surface area contributed by atoms with Crippen molar-refractivity contribution < 1.29 is 17.7 Å². The maximum absolute atomic E-state index is 13.7. The molecule has 29 heavy (non-hydrogen) atoms. The first-order valence-corrected chi connectivity index (χ1v) is 10.3. The minimum Gasteiger partial charge on any atom is -0.258 e.